The molecule has 0 aromatic heterocycles. The van der Waals surface area contributed by atoms with Crippen molar-refractivity contribution in [1.82, 2.24) is 25.1 Å². The highest BCUT2D eigenvalue weighted by Gasteiger charge is 2.51. The van der Waals surface area contributed by atoms with Crippen LogP contribution in [0.2, 0.25) is 0 Å². The summed E-state index contributed by atoms with van der Waals surface area (Å²) in [5.74, 6) is 2.23. The van der Waals surface area contributed by atoms with Crippen molar-refractivity contribution in [2.24, 2.45) is 0 Å². The maximum Gasteiger partial charge on any atom is 0.334 e. The van der Waals surface area contributed by atoms with E-state index >= 15 is 0 Å². The second-order valence-corrected chi connectivity index (χ2v) is 10.2. The zero-order chi connectivity index (χ0) is 28.1. The van der Waals surface area contributed by atoms with Crippen molar-refractivity contribution in [2.45, 2.75) is 31.6 Å². The fourth-order valence-corrected chi connectivity index (χ4v) is 5.52. The first-order valence-electron chi connectivity index (χ1n) is 13.5. The summed E-state index contributed by atoms with van der Waals surface area (Å²) in [5.41, 5.74) is 2.77. The number of carbonyl (C=O) groups excluding carboxylic acids is 3. The number of terminal acetylenes is 1. The molecule has 0 aliphatic carbocycles. The van der Waals surface area contributed by atoms with Crippen LogP contribution in [0.15, 0.2) is 91.0 Å². The lowest BCUT2D eigenvalue weighted by Crippen LogP contribution is -2.74. The van der Waals surface area contributed by atoms with Crippen LogP contribution in [-0.2, 0) is 16.1 Å². The summed E-state index contributed by atoms with van der Waals surface area (Å²) in [5, 5.41) is 6.12. The topological polar surface area (TPSA) is 76.2 Å². The Morgan fingerprint density at radius 3 is 2.25 bits per heavy atom. The molecule has 3 aromatic rings. The summed E-state index contributed by atoms with van der Waals surface area (Å²) in [4.78, 5) is 44.8. The van der Waals surface area contributed by atoms with E-state index in [2.05, 4.69) is 18.2 Å². The average Bonchev–Trinajstić information content (AvgIpc) is 2.98. The number of benzene rings is 3. The maximum absolute atomic E-state index is 14.1. The van der Waals surface area contributed by atoms with Crippen LogP contribution in [0, 0.1) is 12.3 Å². The summed E-state index contributed by atoms with van der Waals surface area (Å²) in [6, 6.07) is 27.7. The number of piperazine rings is 1. The van der Waals surface area contributed by atoms with Crippen LogP contribution < -0.4 is 5.32 Å². The molecule has 2 saturated heterocycles. The van der Waals surface area contributed by atoms with Crippen molar-refractivity contribution < 1.29 is 14.4 Å². The summed E-state index contributed by atoms with van der Waals surface area (Å²) >= 11 is 0. The third-order valence-corrected chi connectivity index (χ3v) is 7.47. The van der Waals surface area contributed by atoms with Crippen molar-refractivity contribution in [3.8, 4) is 12.3 Å². The first-order valence-corrected chi connectivity index (χ1v) is 13.5. The quantitative estimate of drug-likeness (QED) is 0.469. The Kier molecular flexibility index (Phi) is 8.13. The molecule has 2 aliphatic rings. The van der Waals surface area contributed by atoms with E-state index in [4.69, 9.17) is 6.42 Å². The van der Waals surface area contributed by atoms with Gasteiger partial charge in [-0.3, -0.25) is 9.59 Å². The summed E-state index contributed by atoms with van der Waals surface area (Å²) in [6.07, 6.45) is 4.93. The molecule has 0 saturated carbocycles. The van der Waals surface area contributed by atoms with Gasteiger partial charge in [0.2, 0.25) is 11.8 Å². The smallest absolute Gasteiger partial charge is 0.334 e. The normalized spacial score (nSPS) is 20.1. The predicted molar refractivity (Wildman–Crippen MR) is 152 cm³/mol. The molecule has 2 unspecified atom stereocenters. The molecule has 0 bridgehead atoms. The van der Waals surface area contributed by atoms with Gasteiger partial charge in [-0.05, 0) is 22.6 Å². The molecular formula is C32H33N5O3. The van der Waals surface area contributed by atoms with Crippen LogP contribution in [-0.4, -0.2) is 70.0 Å². The second kappa shape index (κ2) is 12.1. The highest BCUT2D eigenvalue weighted by atomic mass is 16.2. The Balaban J connectivity index is 1.50. The fourth-order valence-electron chi connectivity index (χ4n) is 5.52. The van der Waals surface area contributed by atoms with Crippen molar-refractivity contribution in [2.75, 3.05) is 26.2 Å². The lowest BCUT2D eigenvalue weighted by atomic mass is 9.96. The van der Waals surface area contributed by atoms with Gasteiger partial charge in [0.15, 0.2) is 0 Å². The molecule has 40 heavy (non-hydrogen) atoms. The Bertz CT molecular complexity index is 1380. The molecule has 5 rings (SSSR count). The summed E-state index contributed by atoms with van der Waals surface area (Å²) < 4.78 is 0. The fraction of sp³-hybridized carbons (Fsp3) is 0.281. The number of urea groups is 1. The Morgan fingerprint density at radius 2 is 1.60 bits per heavy atom. The molecule has 8 heteroatoms. The highest BCUT2D eigenvalue weighted by Crippen LogP contribution is 2.35. The molecule has 2 heterocycles. The second-order valence-electron chi connectivity index (χ2n) is 10.2. The van der Waals surface area contributed by atoms with Crippen LogP contribution in [0.25, 0.3) is 0 Å². The third kappa shape index (κ3) is 5.56. The van der Waals surface area contributed by atoms with Crippen LogP contribution in [0.3, 0.4) is 0 Å². The minimum absolute atomic E-state index is 0.0505. The largest absolute Gasteiger partial charge is 0.336 e. The molecule has 8 nitrogen and oxygen atoms in total. The number of fused-ring (bicyclic) bond motifs is 1. The van der Waals surface area contributed by atoms with Gasteiger partial charge in [0.05, 0.1) is 19.6 Å². The minimum atomic E-state index is -0.854. The molecule has 3 atom stereocenters. The molecular weight excluding hydrogens is 502 g/mol. The first-order chi connectivity index (χ1) is 19.5. The molecule has 2 aliphatic heterocycles. The Morgan fingerprint density at radius 1 is 0.975 bits per heavy atom. The zero-order valence-electron chi connectivity index (χ0n) is 22.5. The number of nitrogens with zero attached hydrogens (tertiary/aromatic N) is 4. The van der Waals surface area contributed by atoms with Gasteiger partial charge in [-0.15, -0.1) is 6.42 Å². The van der Waals surface area contributed by atoms with Crippen LogP contribution in [0.5, 0.6) is 0 Å². The molecule has 2 fully saturated rings. The van der Waals surface area contributed by atoms with Crippen LogP contribution in [0.1, 0.15) is 35.6 Å². The van der Waals surface area contributed by atoms with E-state index in [1.807, 2.05) is 91.0 Å². The van der Waals surface area contributed by atoms with E-state index in [0.29, 0.717) is 18.7 Å². The number of hydrogen-bond donors (Lipinski definition) is 1. The SMILES string of the molecule is C#CCN1CC(=O)N2C(c3ccccc3)C(=O)N(CC(C)c3ccccc3)C[C@@H]2N1C(=O)NCc1ccccc1. The molecule has 4 amide bonds. The van der Waals surface area contributed by atoms with Gasteiger partial charge in [0, 0.05) is 13.1 Å². The summed E-state index contributed by atoms with van der Waals surface area (Å²) in [7, 11) is 0. The molecule has 3 aromatic carbocycles. The van der Waals surface area contributed by atoms with E-state index in [9.17, 15) is 14.4 Å². The van der Waals surface area contributed by atoms with E-state index in [1.165, 1.54) is 5.01 Å². The van der Waals surface area contributed by atoms with E-state index in [1.54, 1.807) is 14.8 Å². The molecule has 0 spiro atoms. The van der Waals surface area contributed by atoms with Gasteiger partial charge in [0.25, 0.3) is 0 Å². The van der Waals surface area contributed by atoms with Gasteiger partial charge in [-0.2, -0.15) is 5.01 Å². The third-order valence-electron chi connectivity index (χ3n) is 7.47. The predicted octanol–water partition coefficient (Wildman–Crippen LogP) is 3.60. The van der Waals surface area contributed by atoms with Gasteiger partial charge in [-0.1, -0.05) is 104 Å². The Labute approximate surface area is 235 Å². The van der Waals surface area contributed by atoms with Crippen LogP contribution in [0.4, 0.5) is 4.79 Å². The number of hydrogen-bond acceptors (Lipinski definition) is 4. The van der Waals surface area contributed by atoms with Crippen molar-refractivity contribution in [3.05, 3.63) is 108 Å². The van der Waals surface area contributed by atoms with Crippen molar-refractivity contribution in [1.29, 1.82) is 0 Å². The Hall–Kier alpha value is -4.61. The van der Waals surface area contributed by atoms with E-state index in [-0.39, 0.29) is 43.4 Å². The monoisotopic (exact) mass is 535 g/mol. The van der Waals surface area contributed by atoms with Crippen molar-refractivity contribution in [3.63, 3.8) is 0 Å². The lowest BCUT2D eigenvalue weighted by Gasteiger charge is -2.55. The number of rotatable bonds is 7. The number of carbonyl (C=O) groups is 3. The molecule has 0 radical (unpaired) electrons. The molecule has 1 N–H and O–H groups in total. The molecule has 204 valence electrons. The number of hydrazine groups is 1. The first kappa shape index (κ1) is 27.0. The van der Waals surface area contributed by atoms with Gasteiger partial charge in [-0.25, -0.2) is 9.80 Å². The summed E-state index contributed by atoms with van der Waals surface area (Å²) in [6.45, 7) is 2.99. The van der Waals surface area contributed by atoms with E-state index in [0.717, 1.165) is 11.1 Å². The number of amides is 4. The van der Waals surface area contributed by atoms with Gasteiger partial charge >= 0.3 is 6.03 Å². The van der Waals surface area contributed by atoms with Gasteiger partial charge < -0.3 is 15.1 Å². The zero-order valence-corrected chi connectivity index (χ0v) is 22.5. The highest BCUT2D eigenvalue weighted by molar-refractivity contribution is 5.92. The standard InChI is InChI=1S/C32H33N5O3/c1-3-19-35-23-29(38)36-28(37(35)32(40)33-20-25-13-7-4-8-14-25)22-34(21-24(2)26-15-9-5-10-16-26)31(39)30(36)27-17-11-6-12-18-27/h1,4-18,24,28,30H,19-23H2,2H3,(H,33,40)/t24?,28-,30?/m0/s1. The van der Waals surface area contributed by atoms with Crippen molar-refractivity contribution >= 4 is 17.8 Å². The minimum Gasteiger partial charge on any atom is -0.336 e. The van der Waals surface area contributed by atoms with Crippen LogP contribution >= 0.6 is 0 Å². The maximum atomic E-state index is 14.1. The van der Waals surface area contributed by atoms with Gasteiger partial charge in [0.1, 0.15) is 12.2 Å². The lowest BCUT2D eigenvalue weighted by molar-refractivity contribution is -0.189. The average molecular weight is 536 g/mol. The van der Waals surface area contributed by atoms with E-state index < -0.39 is 12.2 Å². The number of nitrogens with one attached hydrogen (secondary N) is 1.